The summed E-state index contributed by atoms with van der Waals surface area (Å²) < 4.78 is 26.9. The summed E-state index contributed by atoms with van der Waals surface area (Å²) in [6, 6.07) is 4.73. The molecule has 2 rings (SSSR count). The number of hydrogen-bond donors (Lipinski definition) is 0. The van der Waals surface area contributed by atoms with Crippen LogP contribution in [0.15, 0.2) is 34.7 Å². The lowest BCUT2D eigenvalue weighted by atomic mass is 10.3. The molecular weight excluding hydrogens is 343 g/mol. The monoisotopic (exact) mass is 362 g/mol. The molecule has 0 radical (unpaired) electrons. The molecule has 22 heavy (non-hydrogen) atoms. The van der Waals surface area contributed by atoms with Gasteiger partial charge in [-0.05, 0) is 26.0 Å². The number of hydrogen-bond acceptors (Lipinski definition) is 3. The van der Waals surface area contributed by atoms with E-state index in [0.717, 1.165) is 6.54 Å². The van der Waals surface area contributed by atoms with Gasteiger partial charge < -0.3 is 0 Å². The summed E-state index contributed by atoms with van der Waals surface area (Å²) in [7, 11) is -3.65. The zero-order chi connectivity index (χ0) is 16.3. The van der Waals surface area contributed by atoms with Gasteiger partial charge in [0, 0.05) is 32.7 Å². The first-order valence-electron chi connectivity index (χ1n) is 7.12. The lowest BCUT2D eigenvalue weighted by Crippen LogP contribution is -2.48. The maximum Gasteiger partial charge on any atom is 0.246 e. The average molecular weight is 363 g/mol. The van der Waals surface area contributed by atoms with Gasteiger partial charge in [0.15, 0.2) is 0 Å². The normalized spacial score (nSPS) is 17.5. The first kappa shape index (κ1) is 17.8. The van der Waals surface area contributed by atoms with E-state index >= 15 is 0 Å². The van der Waals surface area contributed by atoms with E-state index < -0.39 is 10.0 Å². The SMILES string of the molecule is CC(C)=CCN1CCN(S(=O)(=O)c2c(Cl)cccc2Cl)CC1. The second-order valence-electron chi connectivity index (χ2n) is 5.54. The number of nitrogens with zero attached hydrogens (tertiary/aromatic N) is 2. The Kier molecular flexibility index (Phi) is 5.91. The minimum Gasteiger partial charge on any atom is -0.297 e. The summed E-state index contributed by atoms with van der Waals surface area (Å²) >= 11 is 12.1. The predicted octanol–water partition coefficient (Wildman–Crippen LogP) is 3.27. The van der Waals surface area contributed by atoms with Crippen molar-refractivity contribution in [2.75, 3.05) is 32.7 Å². The van der Waals surface area contributed by atoms with E-state index in [-0.39, 0.29) is 14.9 Å². The second-order valence-corrected chi connectivity index (χ2v) is 8.23. The molecule has 1 aliphatic rings. The molecular formula is C15H20Cl2N2O2S. The van der Waals surface area contributed by atoms with Crippen LogP contribution in [0.25, 0.3) is 0 Å². The van der Waals surface area contributed by atoms with Crippen LogP contribution >= 0.6 is 23.2 Å². The lowest BCUT2D eigenvalue weighted by Gasteiger charge is -2.33. The molecule has 0 aromatic heterocycles. The van der Waals surface area contributed by atoms with Gasteiger partial charge in [-0.25, -0.2) is 8.42 Å². The maximum absolute atomic E-state index is 12.7. The highest BCUT2D eigenvalue weighted by Gasteiger charge is 2.31. The molecule has 1 saturated heterocycles. The molecule has 1 aliphatic heterocycles. The van der Waals surface area contributed by atoms with E-state index in [1.54, 1.807) is 18.2 Å². The first-order chi connectivity index (χ1) is 10.3. The van der Waals surface area contributed by atoms with Crippen molar-refractivity contribution in [3.63, 3.8) is 0 Å². The minimum atomic E-state index is -3.65. The fourth-order valence-corrected chi connectivity index (χ4v) is 4.84. The summed E-state index contributed by atoms with van der Waals surface area (Å²) in [5, 5.41) is 0.332. The van der Waals surface area contributed by atoms with Crippen LogP contribution in [0.4, 0.5) is 0 Å². The van der Waals surface area contributed by atoms with Crippen LogP contribution in [0.1, 0.15) is 13.8 Å². The molecule has 4 nitrogen and oxygen atoms in total. The fourth-order valence-electron chi connectivity index (χ4n) is 2.32. The summed E-state index contributed by atoms with van der Waals surface area (Å²) in [4.78, 5) is 2.24. The van der Waals surface area contributed by atoms with Gasteiger partial charge in [-0.1, -0.05) is 40.9 Å². The van der Waals surface area contributed by atoms with Gasteiger partial charge in [-0.2, -0.15) is 4.31 Å². The fraction of sp³-hybridized carbons (Fsp3) is 0.467. The van der Waals surface area contributed by atoms with Crippen molar-refractivity contribution >= 4 is 33.2 Å². The van der Waals surface area contributed by atoms with Gasteiger partial charge in [-0.3, -0.25) is 4.90 Å². The molecule has 0 amide bonds. The Morgan fingerprint density at radius 3 is 2.18 bits per heavy atom. The van der Waals surface area contributed by atoms with Gasteiger partial charge in [-0.15, -0.1) is 0 Å². The van der Waals surface area contributed by atoms with Crippen LogP contribution in [0.5, 0.6) is 0 Å². The number of piperazine rings is 1. The number of rotatable bonds is 4. The van der Waals surface area contributed by atoms with Crippen molar-refractivity contribution in [3.8, 4) is 0 Å². The third kappa shape index (κ3) is 4.03. The van der Waals surface area contributed by atoms with Gasteiger partial charge in [0.2, 0.25) is 10.0 Å². The molecule has 0 unspecified atom stereocenters. The van der Waals surface area contributed by atoms with Crippen molar-refractivity contribution in [2.24, 2.45) is 0 Å². The highest BCUT2D eigenvalue weighted by atomic mass is 35.5. The standard InChI is InChI=1S/C15H20Cl2N2O2S/c1-12(2)6-7-18-8-10-19(11-9-18)22(20,21)15-13(16)4-3-5-14(15)17/h3-6H,7-11H2,1-2H3. The smallest absolute Gasteiger partial charge is 0.246 e. The Bertz CT molecular complexity index is 642. The molecule has 122 valence electrons. The number of benzene rings is 1. The quantitative estimate of drug-likeness (QED) is 0.771. The number of halogens is 2. The zero-order valence-electron chi connectivity index (χ0n) is 12.7. The third-order valence-electron chi connectivity index (χ3n) is 3.61. The minimum absolute atomic E-state index is 0.0103. The van der Waals surface area contributed by atoms with Crippen molar-refractivity contribution < 1.29 is 8.42 Å². The highest BCUT2D eigenvalue weighted by molar-refractivity contribution is 7.89. The van der Waals surface area contributed by atoms with E-state index in [0.29, 0.717) is 26.2 Å². The van der Waals surface area contributed by atoms with Gasteiger partial charge in [0.05, 0.1) is 10.0 Å². The van der Waals surface area contributed by atoms with Crippen molar-refractivity contribution in [1.82, 2.24) is 9.21 Å². The molecule has 0 saturated carbocycles. The van der Waals surface area contributed by atoms with E-state index in [1.807, 2.05) is 0 Å². The Morgan fingerprint density at radius 1 is 1.14 bits per heavy atom. The van der Waals surface area contributed by atoms with Crippen molar-refractivity contribution in [3.05, 3.63) is 39.9 Å². The van der Waals surface area contributed by atoms with E-state index in [2.05, 4.69) is 24.8 Å². The molecule has 1 aromatic rings. The van der Waals surface area contributed by atoms with E-state index in [9.17, 15) is 8.42 Å². The third-order valence-corrected chi connectivity index (χ3v) is 6.46. The molecule has 0 bridgehead atoms. The topological polar surface area (TPSA) is 40.6 Å². The maximum atomic E-state index is 12.7. The Morgan fingerprint density at radius 2 is 1.68 bits per heavy atom. The van der Waals surface area contributed by atoms with Gasteiger partial charge >= 0.3 is 0 Å². The van der Waals surface area contributed by atoms with Crippen molar-refractivity contribution in [2.45, 2.75) is 18.7 Å². The van der Waals surface area contributed by atoms with Crippen LogP contribution in [0.3, 0.4) is 0 Å². The van der Waals surface area contributed by atoms with E-state index in [1.165, 1.54) is 9.88 Å². The molecule has 0 N–H and O–H groups in total. The predicted molar refractivity (Wildman–Crippen MR) is 91.1 cm³/mol. The van der Waals surface area contributed by atoms with Crippen LogP contribution in [0.2, 0.25) is 10.0 Å². The first-order valence-corrected chi connectivity index (χ1v) is 9.32. The molecule has 1 fully saturated rings. The van der Waals surface area contributed by atoms with Crippen LogP contribution in [-0.4, -0.2) is 50.3 Å². The molecule has 1 heterocycles. The summed E-state index contributed by atoms with van der Waals surface area (Å²) in [5.74, 6) is 0. The highest BCUT2D eigenvalue weighted by Crippen LogP contribution is 2.31. The zero-order valence-corrected chi connectivity index (χ0v) is 15.0. The van der Waals surface area contributed by atoms with E-state index in [4.69, 9.17) is 23.2 Å². The summed E-state index contributed by atoms with van der Waals surface area (Å²) in [5.41, 5.74) is 1.26. The van der Waals surface area contributed by atoms with Crippen LogP contribution in [0, 0.1) is 0 Å². The Hall–Kier alpha value is -0.590. The Labute approximate surface area is 142 Å². The molecule has 0 atom stereocenters. The van der Waals surface area contributed by atoms with Gasteiger partial charge in [0.1, 0.15) is 4.90 Å². The second kappa shape index (κ2) is 7.32. The van der Waals surface area contributed by atoms with Crippen LogP contribution in [-0.2, 0) is 10.0 Å². The number of sulfonamides is 1. The molecule has 1 aromatic carbocycles. The summed E-state index contributed by atoms with van der Waals surface area (Å²) in [6.45, 7) is 7.25. The number of allylic oxidation sites excluding steroid dienone is 1. The van der Waals surface area contributed by atoms with Crippen molar-refractivity contribution in [1.29, 1.82) is 0 Å². The molecule has 0 aliphatic carbocycles. The average Bonchev–Trinajstić information content (AvgIpc) is 2.45. The summed E-state index contributed by atoms with van der Waals surface area (Å²) in [6.07, 6.45) is 2.15. The molecule has 0 spiro atoms. The van der Waals surface area contributed by atoms with Gasteiger partial charge in [0.25, 0.3) is 0 Å². The largest absolute Gasteiger partial charge is 0.297 e. The lowest BCUT2D eigenvalue weighted by molar-refractivity contribution is 0.204. The Balaban J connectivity index is 2.12. The molecule has 7 heteroatoms. The van der Waals surface area contributed by atoms with Crippen LogP contribution < -0.4 is 0 Å².